The number of rotatable bonds is 4. The zero-order valence-corrected chi connectivity index (χ0v) is 30.4. The summed E-state index contributed by atoms with van der Waals surface area (Å²) >= 11 is 6.44. The van der Waals surface area contributed by atoms with Gasteiger partial charge >= 0.3 is 0 Å². The number of halogens is 1. The summed E-state index contributed by atoms with van der Waals surface area (Å²) in [6.45, 7) is 5.87. The number of nitrogens with one attached hydrogen (secondary N) is 1. The number of ether oxygens (including phenoxy) is 4. The van der Waals surface area contributed by atoms with Crippen molar-refractivity contribution in [1.29, 1.82) is 0 Å². The number of sulfonamides is 1. The van der Waals surface area contributed by atoms with E-state index < -0.39 is 21.5 Å². The van der Waals surface area contributed by atoms with Crippen LogP contribution in [-0.2, 0) is 45.7 Å². The Morgan fingerprint density at radius 1 is 1.12 bits per heavy atom. The van der Waals surface area contributed by atoms with Gasteiger partial charge in [-0.15, -0.1) is 0 Å². The third-order valence-corrected chi connectivity index (χ3v) is 12.8. The Balaban J connectivity index is 1.24. The molecule has 270 valence electrons. The molecule has 1 spiro atoms. The Hall–Kier alpha value is -3.16. The van der Waals surface area contributed by atoms with Gasteiger partial charge in [0.2, 0.25) is 5.91 Å². The lowest BCUT2D eigenvalue weighted by atomic mass is 9.68. The average Bonchev–Trinajstić information content (AvgIpc) is 3.19. The lowest BCUT2D eigenvalue weighted by molar-refractivity contribution is -0.151. The second kappa shape index (κ2) is 13.8. The minimum atomic E-state index is -4.23. The normalized spacial score (nSPS) is 29.7. The van der Waals surface area contributed by atoms with Gasteiger partial charge in [0, 0.05) is 43.7 Å². The predicted octanol–water partition coefficient (Wildman–Crippen LogP) is 4.25. The molecule has 1 saturated heterocycles. The highest BCUT2D eigenvalue weighted by molar-refractivity contribution is 7.90. The molecule has 4 atom stereocenters. The van der Waals surface area contributed by atoms with Crippen LogP contribution < -0.4 is 14.4 Å². The largest absolute Gasteiger partial charge is 0.490 e. The molecule has 5 aliphatic rings. The second-order valence-electron chi connectivity index (χ2n) is 14.9. The minimum absolute atomic E-state index is 0.0284. The molecule has 0 unspecified atom stereocenters. The predicted molar refractivity (Wildman–Crippen MR) is 188 cm³/mol. The monoisotopic (exact) mass is 727 g/mol. The van der Waals surface area contributed by atoms with Gasteiger partial charge < -0.3 is 28.7 Å². The van der Waals surface area contributed by atoms with E-state index >= 15 is 0 Å². The van der Waals surface area contributed by atoms with Gasteiger partial charge in [0.25, 0.3) is 15.9 Å². The first kappa shape index (κ1) is 35.3. The molecule has 1 N–H and O–H groups in total. The van der Waals surface area contributed by atoms with Crippen molar-refractivity contribution in [3.63, 3.8) is 0 Å². The summed E-state index contributed by atoms with van der Waals surface area (Å²) in [4.78, 5) is 30.2. The summed E-state index contributed by atoms with van der Waals surface area (Å²) < 4.78 is 53.6. The number of fused-ring (bicyclic) bond motifs is 4. The van der Waals surface area contributed by atoms with Crippen molar-refractivity contribution in [3.05, 3.63) is 64.7 Å². The van der Waals surface area contributed by atoms with Crippen LogP contribution in [0.25, 0.3) is 0 Å². The number of methoxy groups -OCH3 is 1. The maximum absolute atomic E-state index is 13.6. The quantitative estimate of drug-likeness (QED) is 0.461. The highest BCUT2D eigenvalue weighted by Crippen LogP contribution is 2.47. The number of aryl methyl sites for hydroxylation is 1. The Labute approximate surface area is 299 Å². The Morgan fingerprint density at radius 2 is 1.94 bits per heavy atom. The van der Waals surface area contributed by atoms with Crippen molar-refractivity contribution >= 4 is 39.1 Å². The van der Waals surface area contributed by atoms with Crippen molar-refractivity contribution in [2.75, 3.05) is 58.0 Å². The lowest BCUT2D eigenvalue weighted by Crippen LogP contribution is -2.55. The van der Waals surface area contributed by atoms with E-state index in [-0.39, 0.29) is 53.5 Å². The molecule has 2 aromatic rings. The number of carbonyl (C=O) groups excluding carboxylic acids is 2. The molecule has 2 fully saturated rings. The second-order valence-corrected chi connectivity index (χ2v) is 17.0. The average molecular weight is 728 g/mol. The van der Waals surface area contributed by atoms with Crippen LogP contribution in [0.2, 0.25) is 5.02 Å². The topological polar surface area (TPSA) is 124 Å². The number of anilines is 1. The fourth-order valence-electron chi connectivity index (χ4n) is 7.99. The van der Waals surface area contributed by atoms with Gasteiger partial charge in [0.15, 0.2) is 0 Å². The number of nitrogens with zero attached hydrogens (tertiary/aromatic N) is 2. The minimum Gasteiger partial charge on any atom is -0.490 e. The third-order valence-electron chi connectivity index (χ3n) is 11.2. The Morgan fingerprint density at radius 3 is 2.70 bits per heavy atom. The van der Waals surface area contributed by atoms with Crippen molar-refractivity contribution < 1.29 is 37.0 Å². The summed E-state index contributed by atoms with van der Waals surface area (Å²) in [6.07, 6.45) is 8.12. The maximum Gasteiger partial charge on any atom is 0.265 e. The van der Waals surface area contributed by atoms with Crippen LogP contribution in [-0.4, -0.2) is 96.1 Å². The molecule has 3 heterocycles. The van der Waals surface area contributed by atoms with Crippen LogP contribution in [0.5, 0.6) is 5.75 Å². The number of hydrogen-bond donors (Lipinski definition) is 1. The first-order valence-corrected chi connectivity index (χ1v) is 19.3. The number of carbonyl (C=O) groups is 2. The van der Waals surface area contributed by atoms with E-state index in [9.17, 15) is 18.0 Å². The van der Waals surface area contributed by atoms with E-state index in [0.29, 0.717) is 49.2 Å². The van der Waals surface area contributed by atoms with Crippen LogP contribution in [0.1, 0.15) is 50.7 Å². The molecular formula is C37H46ClN3O8S. The van der Waals surface area contributed by atoms with Gasteiger partial charge in [-0.3, -0.25) is 9.59 Å². The molecule has 2 aliphatic carbocycles. The summed E-state index contributed by atoms with van der Waals surface area (Å²) in [5.41, 5.74) is 1.31. The molecule has 3 aliphatic heterocycles. The third kappa shape index (κ3) is 6.89. The van der Waals surface area contributed by atoms with Crippen molar-refractivity contribution in [1.82, 2.24) is 9.62 Å². The molecule has 2 amide bonds. The van der Waals surface area contributed by atoms with E-state index in [2.05, 4.69) is 21.8 Å². The van der Waals surface area contributed by atoms with Crippen LogP contribution in [0, 0.1) is 11.8 Å². The van der Waals surface area contributed by atoms with E-state index in [1.54, 1.807) is 30.2 Å². The van der Waals surface area contributed by atoms with E-state index in [1.165, 1.54) is 31.0 Å². The number of benzene rings is 2. The van der Waals surface area contributed by atoms with Crippen LogP contribution >= 0.6 is 11.6 Å². The van der Waals surface area contributed by atoms with Crippen molar-refractivity contribution in [2.24, 2.45) is 11.8 Å². The van der Waals surface area contributed by atoms with Crippen molar-refractivity contribution in [3.8, 4) is 5.75 Å². The smallest absolute Gasteiger partial charge is 0.265 e. The first-order chi connectivity index (χ1) is 23.9. The number of hydrogen-bond acceptors (Lipinski definition) is 9. The van der Waals surface area contributed by atoms with Crippen molar-refractivity contribution in [2.45, 2.75) is 74.1 Å². The fraction of sp³-hybridized carbons (Fsp3) is 0.568. The molecule has 50 heavy (non-hydrogen) atoms. The molecule has 7 rings (SSSR count). The molecule has 13 heteroatoms. The number of amides is 2. The summed E-state index contributed by atoms with van der Waals surface area (Å²) in [5.74, 6) is 0.0477. The first-order valence-electron chi connectivity index (χ1n) is 17.5. The van der Waals surface area contributed by atoms with Crippen LogP contribution in [0.4, 0.5) is 5.69 Å². The van der Waals surface area contributed by atoms with Gasteiger partial charge in [0.05, 0.1) is 36.0 Å². The molecule has 0 aromatic heterocycles. The van der Waals surface area contributed by atoms with Gasteiger partial charge in [-0.2, -0.15) is 0 Å². The number of likely N-dealkylation sites (tertiary alicyclic amines) is 1. The standard InChI is InChI=1S/C37H46ClN3O8S/c1-36(2)35(43)39-50(44,45)28-10-13-33-31(17-28)41(22-37(23-48-33)14-4-6-24-16-26(38)9-12-30(24)37)18-25-8-11-29(25)32(7-5-15-49-36)47-21-34(42)40-19-27(20-40)46-3/h5,7,9-10,12-13,16-17,25,27,29,32H,4,6,8,11,14-15,18-23H2,1-3H3,(H,39,43)/b7-5-/t25-,29+,32-,37-/m0/s1. The summed E-state index contributed by atoms with van der Waals surface area (Å²) in [7, 11) is -2.58. The zero-order chi connectivity index (χ0) is 35.3. The van der Waals surface area contributed by atoms with E-state index in [1.807, 2.05) is 12.1 Å². The van der Waals surface area contributed by atoms with Crippen LogP contribution in [0.3, 0.4) is 0 Å². The summed E-state index contributed by atoms with van der Waals surface area (Å²) in [5, 5.41) is 0.705. The van der Waals surface area contributed by atoms with E-state index in [4.69, 9.17) is 30.5 Å². The SMILES string of the molecule is COC1CN(C(=O)CO[C@H]2/C=C\COC(C)(C)C(=O)NS(=O)(=O)c3ccc4c(c3)N(C[C@@H]3CC[C@H]32)C[C@@]2(CCCc3cc(Cl)ccc32)CO4)C1. The molecular weight excluding hydrogens is 682 g/mol. The molecule has 0 radical (unpaired) electrons. The molecule has 11 nitrogen and oxygen atoms in total. The van der Waals surface area contributed by atoms with Gasteiger partial charge in [-0.25, -0.2) is 13.1 Å². The lowest BCUT2D eigenvalue weighted by Gasteiger charge is -2.46. The Kier molecular flexibility index (Phi) is 9.70. The summed E-state index contributed by atoms with van der Waals surface area (Å²) in [6, 6.07) is 10.9. The highest BCUT2D eigenvalue weighted by Gasteiger charge is 2.45. The highest BCUT2D eigenvalue weighted by atomic mass is 35.5. The zero-order valence-electron chi connectivity index (χ0n) is 28.9. The van der Waals surface area contributed by atoms with Gasteiger partial charge in [-0.05, 0) is 99.2 Å². The Bertz CT molecular complexity index is 1780. The molecule has 2 bridgehead atoms. The fourth-order valence-corrected chi connectivity index (χ4v) is 9.30. The molecule has 1 saturated carbocycles. The van der Waals surface area contributed by atoms with Gasteiger partial charge in [0.1, 0.15) is 18.0 Å². The van der Waals surface area contributed by atoms with Gasteiger partial charge in [-0.1, -0.05) is 29.8 Å². The molecule has 2 aromatic carbocycles. The maximum atomic E-state index is 13.6. The van der Waals surface area contributed by atoms with Crippen LogP contribution in [0.15, 0.2) is 53.4 Å². The van der Waals surface area contributed by atoms with E-state index in [0.717, 1.165) is 32.1 Å².